The fraction of sp³-hybridized carbons (Fsp3) is 0.318. The maximum Gasteiger partial charge on any atom is 0.289 e. The van der Waals surface area contributed by atoms with Crippen LogP contribution < -0.4 is 14.4 Å². The Morgan fingerprint density at radius 3 is 2.03 bits per heavy atom. The molecule has 29 heavy (non-hydrogen) atoms. The lowest BCUT2D eigenvalue weighted by molar-refractivity contribution is 0.303. The van der Waals surface area contributed by atoms with Crippen molar-refractivity contribution in [1.82, 2.24) is 0 Å². The first-order valence-electron chi connectivity index (χ1n) is 9.58. The van der Waals surface area contributed by atoms with Crippen LogP contribution in [0.4, 0.5) is 0 Å². The summed E-state index contributed by atoms with van der Waals surface area (Å²) in [4.78, 5) is 11.8. The summed E-state index contributed by atoms with van der Waals surface area (Å²) < 4.78 is 9.62. The molecule has 1 aliphatic rings. The van der Waals surface area contributed by atoms with Crippen molar-refractivity contribution in [2.24, 2.45) is 0 Å². The van der Waals surface area contributed by atoms with E-state index >= 15 is 0 Å². The van der Waals surface area contributed by atoms with Gasteiger partial charge < -0.3 is 4.43 Å². The topological polar surface area (TPSA) is 26.3 Å². The number of hydrogen-bond acceptors (Lipinski definition) is 6. The first kappa shape index (κ1) is 21.4. The minimum Gasteiger partial charge on any atom is -0.406 e. The second-order valence-corrected chi connectivity index (χ2v) is 17.4. The summed E-state index contributed by atoms with van der Waals surface area (Å²) in [5.41, 5.74) is 0. The van der Waals surface area contributed by atoms with Crippen LogP contribution in [0, 0.1) is 0 Å². The lowest BCUT2D eigenvalue weighted by atomic mass is 10.2. The predicted octanol–water partition coefficient (Wildman–Crippen LogP) is 5.31. The number of thioether (sulfide) groups is 2. The van der Waals surface area contributed by atoms with Gasteiger partial charge in [-0.15, -0.1) is 23.5 Å². The van der Waals surface area contributed by atoms with E-state index in [1.165, 1.54) is 41.5 Å². The third-order valence-corrected chi connectivity index (χ3v) is 15.7. The van der Waals surface area contributed by atoms with Gasteiger partial charge in [0.25, 0.3) is 12.4 Å². The maximum atomic E-state index is 11.8. The van der Waals surface area contributed by atoms with Crippen molar-refractivity contribution in [2.45, 2.75) is 39.5 Å². The third-order valence-electron chi connectivity index (χ3n) is 5.10. The van der Waals surface area contributed by atoms with E-state index in [1.807, 2.05) is 23.5 Å². The van der Waals surface area contributed by atoms with E-state index in [0.717, 1.165) is 5.75 Å². The smallest absolute Gasteiger partial charge is 0.289 e. The normalized spacial score (nSPS) is 17.1. The highest BCUT2D eigenvalue weighted by Crippen LogP contribution is 2.45. The Bertz CT molecular complexity index is 969. The first-order chi connectivity index (χ1) is 13.9. The van der Waals surface area contributed by atoms with Crippen LogP contribution in [0.2, 0.25) is 5.04 Å². The maximum absolute atomic E-state index is 11.8. The summed E-state index contributed by atoms with van der Waals surface area (Å²) in [5.74, 6) is 0.989. The van der Waals surface area contributed by atoms with Crippen LogP contribution in [0.3, 0.4) is 0 Å². The Balaban J connectivity index is 1.69. The molecule has 0 fully saturated rings. The minimum absolute atomic E-state index is 0.0134. The molecule has 2 nitrogen and oxygen atoms in total. The van der Waals surface area contributed by atoms with Gasteiger partial charge in [-0.2, -0.15) is 0 Å². The number of hydrogen-bond donors (Lipinski definition) is 0. The van der Waals surface area contributed by atoms with E-state index in [0.29, 0.717) is 11.9 Å². The van der Waals surface area contributed by atoms with E-state index in [-0.39, 0.29) is 9.09 Å². The molecule has 1 atom stereocenters. The Kier molecular flexibility index (Phi) is 6.44. The van der Waals surface area contributed by atoms with E-state index < -0.39 is 8.32 Å². The van der Waals surface area contributed by atoms with Crippen molar-refractivity contribution in [2.75, 3.05) is 12.4 Å². The van der Waals surface area contributed by atoms with Gasteiger partial charge in [-0.05, 0) is 15.4 Å². The molecule has 0 bridgehead atoms. The lowest BCUT2D eigenvalue weighted by Crippen LogP contribution is -2.67. The number of benzene rings is 2. The van der Waals surface area contributed by atoms with Crippen LogP contribution >= 0.6 is 46.2 Å². The van der Waals surface area contributed by atoms with Gasteiger partial charge in [0.1, 0.15) is 0 Å². The summed E-state index contributed by atoms with van der Waals surface area (Å²) in [7, 11) is -2.50. The molecular weight excluding hydrogens is 453 g/mol. The molecule has 152 valence electrons. The molecule has 3 aromatic rings. The number of fused-ring (bicyclic) bond motifs is 1. The van der Waals surface area contributed by atoms with Gasteiger partial charge in [0, 0.05) is 17.6 Å². The Labute approximate surface area is 189 Å². The van der Waals surface area contributed by atoms with E-state index in [2.05, 4.69) is 81.4 Å². The second-order valence-electron chi connectivity index (χ2n) is 8.05. The highest BCUT2D eigenvalue weighted by molar-refractivity contribution is 8.08. The Hall–Kier alpha value is -0.833. The molecule has 4 rings (SSSR count). The van der Waals surface area contributed by atoms with Crippen LogP contribution in [0.25, 0.3) is 0 Å². The molecule has 0 saturated carbocycles. The van der Waals surface area contributed by atoms with Crippen LogP contribution in [-0.2, 0) is 4.43 Å². The zero-order valence-electron chi connectivity index (χ0n) is 16.7. The molecule has 1 unspecified atom stereocenters. The summed E-state index contributed by atoms with van der Waals surface area (Å²) in [6.07, 6.45) is 0. The molecule has 2 heterocycles. The van der Waals surface area contributed by atoms with Gasteiger partial charge in [0.05, 0.1) is 8.42 Å². The zero-order valence-corrected chi connectivity index (χ0v) is 21.0. The van der Waals surface area contributed by atoms with E-state index in [4.69, 9.17) is 4.43 Å². The average Bonchev–Trinajstić information content (AvgIpc) is 3.08. The van der Waals surface area contributed by atoms with Crippen molar-refractivity contribution in [3.63, 3.8) is 0 Å². The monoisotopic (exact) mass is 476 g/mol. The molecule has 1 aliphatic heterocycles. The molecular formula is C22H24O2S4Si. The predicted molar refractivity (Wildman–Crippen MR) is 132 cm³/mol. The lowest BCUT2D eigenvalue weighted by Gasteiger charge is -2.43. The number of rotatable bonds is 5. The van der Waals surface area contributed by atoms with Crippen molar-refractivity contribution >= 4 is 64.9 Å². The molecule has 7 heteroatoms. The van der Waals surface area contributed by atoms with Crippen molar-refractivity contribution in [3.05, 3.63) is 69.5 Å². The van der Waals surface area contributed by atoms with E-state index in [1.54, 1.807) is 0 Å². The van der Waals surface area contributed by atoms with Gasteiger partial charge in [-0.1, -0.05) is 104 Å². The molecule has 0 radical (unpaired) electrons. The molecule has 1 aromatic heterocycles. The molecule has 2 aromatic carbocycles. The summed E-state index contributed by atoms with van der Waals surface area (Å²) in [6.45, 7) is 7.63. The molecule has 0 saturated heterocycles. The summed E-state index contributed by atoms with van der Waals surface area (Å²) in [5, 5.41) is 2.97. The van der Waals surface area contributed by atoms with Gasteiger partial charge in [-0.25, -0.2) is 0 Å². The van der Waals surface area contributed by atoms with E-state index in [9.17, 15) is 4.79 Å². The molecule has 0 amide bonds. The van der Waals surface area contributed by atoms with Gasteiger partial charge >= 0.3 is 0 Å². The third kappa shape index (κ3) is 4.31. The van der Waals surface area contributed by atoms with Crippen LogP contribution in [0.1, 0.15) is 20.8 Å². The van der Waals surface area contributed by atoms with Gasteiger partial charge in [0.2, 0.25) is 0 Å². The Morgan fingerprint density at radius 2 is 1.48 bits per heavy atom. The summed E-state index contributed by atoms with van der Waals surface area (Å²) >= 11 is 6.41. The van der Waals surface area contributed by atoms with Gasteiger partial charge in [0.15, 0.2) is 0 Å². The van der Waals surface area contributed by atoms with Crippen molar-refractivity contribution < 1.29 is 4.43 Å². The standard InChI is InChI=1S/C22H24O2S4Si/c1-22(2,3)29(17-10-6-4-7-11-17,18-12-8-5-9-13-18)24-14-16-15-25-19-20(26-16)28-21(23)27-19/h4-13,16H,14-15H2,1-3H3. The second kappa shape index (κ2) is 8.73. The van der Waals surface area contributed by atoms with Crippen LogP contribution in [0.15, 0.2) is 73.9 Å². The minimum atomic E-state index is -2.50. The molecule has 0 N–H and O–H groups in total. The quantitative estimate of drug-likeness (QED) is 0.466. The highest BCUT2D eigenvalue weighted by atomic mass is 32.2. The van der Waals surface area contributed by atoms with Gasteiger partial charge in [-0.3, -0.25) is 4.79 Å². The average molecular weight is 477 g/mol. The fourth-order valence-electron chi connectivity index (χ4n) is 3.83. The van der Waals surface area contributed by atoms with Crippen LogP contribution in [0.5, 0.6) is 0 Å². The largest absolute Gasteiger partial charge is 0.406 e. The van der Waals surface area contributed by atoms with Crippen molar-refractivity contribution in [1.29, 1.82) is 0 Å². The zero-order chi connectivity index (χ0) is 20.5. The molecule has 0 aliphatic carbocycles. The van der Waals surface area contributed by atoms with Crippen LogP contribution in [-0.4, -0.2) is 25.9 Å². The highest BCUT2D eigenvalue weighted by Gasteiger charge is 2.50. The molecule has 0 spiro atoms. The summed E-state index contributed by atoms with van der Waals surface area (Å²) in [6, 6.07) is 21.6. The SMILES string of the molecule is CC(C)(C)[Si](OCC1CSc2sc(=O)sc2S1)(c1ccccc1)c1ccccc1. The van der Waals surface area contributed by atoms with Crippen molar-refractivity contribution in [3.8, 4) is 0 Å². The fourth-order valence-corrected chi connectivity index (χ4v) is 14.2. The first-order valence-corrected chi connectivity index (χ1v) is 15.0. The Morgan fingerprint density at radius 1 is 0.931 bits per heavy atom.